The Bertz CT molecular complexity index is 187. The normalized spacial score (nSPS) is 10.8. The molecule has 0 aliphatic heterocycles. The third kappa shape index (κ3) is 24.1. The third-order valence-corrected chi connectivity index (χ3v) is 4.34. The molecule has 0 aliphatic carbocycles. The SMILES string of the molecule is CCCCCCCCCCCCCCN.OCCCC(CO)CO. The molecule has 0 spiro atoms. The molecule has 0 aromatic carbocycles. The zero-order valence-corrected chi connectivity index (χ0v) is 16.2. The molecule has 0 bridgehead atoms. The summed E-state index contributed by atoms with van der Waals surface area (Å²) in [5.74, 6) is -0.0443. The molecule has 4 nitrogen and oxygen atoms in total. The first-order chi connectivity index (χ1) is 11.8. The Morgan fingerprint density at radius 1 is 0.625 bits per heavy atom. The fourth-order valence-corrected chi connectivity index (χ4v) is 2.61. The van der Waals surface area contributed by atoms with Crippen LogP contribution in [0.25, 0.3) is 0 Å². The summed E-state index contributed by atoms with van der Waals surface area (Å²) < 4.78 is 0. The zero-order valence-electron chi connectivity index (χ0n) is 16.2. The second kappa shape index (κ2) is 25.1. The molecule has 0 radical (unpaired) electrons. The molecular formula is C20H45NO3. The molecule has 0 aromatic heterocycles. The molecular weight excluding hydrogens is 302 g/mol. The Kier molecular flexibility index (Phi) is 27.3. The summed E-state index contributed by atoms with van der Waals surface area (Å²) in [7, 11) is 0. The van der Waals surface area contributed by atoms with E-state index >= 15 is 0 Å². The zero-order chi connectivity index (χ0) is 18.3. The van der Waals surface area contributed by atoms with Crippen LogP contribution in [-0.2, 0) is 0 Å². The van der Waals surface area contributed by atoms with Crippen LogP contribution in [0.15, 0.2) is 0 Å². The second-order valence-corrected chi connectivity index (χ2v) is 6.77. The maximum atomic E-state index is 8.51. The molecule has 0 amide bonds. The number of unbranched alkanes of at least 4 members (excludes halogenated alkanes) is 11. The van der Waals surface area contributed by atoms with E-state index < -0.39 is 0 Å². The van der Waals surface area contributed by atoms with Crippen molar-refractivity contribution in [3.63, 3.8) is 0 Å². The lowest BCUT2D eigenvalue weighted by Crippen LogP contribution is -2.11. The number of nitrogens with two attached hydrogens (primary N) is 1. The van der Waals surface area contributed by atoms with E-state index in [9.17, 15) is 0 Å². The maximum absolute atomic E-state index is 8.51. The predicted octanol–water partition coefficient (Wildman–Crippen LogP) is 4.01. The molecule has 0 unspecified atom stereocenters. The first-order valence-corrected chi connectivity index (χ1v) is 10.3. The smallest absolute Gasteiger partial charge is 0.0481 e. The van der Waals surface area contributed by atoms with Crippen LogP contribution in [0.3, 0.4) is 0 Å². The average Bonchev–Trinajstić information content (AvgIpc) is 2.61. The van der Waals surface area contributed by atoms with E-state index in [1.54, 1.807) is 0 Å². The highest BCUT2D eigenvalue weighted by atomic mass is 16.3. The highest BCUT2D eigenvalue weighted by Gasteiger charge is 2.03. The van der Waals surface area contributed by atoms with Crippen molar-refractivity contribution in [2.24, 2.45) is 11.7 Å². The van der Waals surface area contributed by atoms with Crippen molar-refractivity contribution in [2.75, 3.05) is 26.4 Å². The summed E-state index contributed by atoms with van der Waals surface area (Å²) in [5, 5.41) is 25.4. The van der Waals surface area contributed by atoms with Crippen molar-refractivity contribution in [1.82, 2.24) is 0 Å². The second-order valence-electron chi connectivity index (χ2n) is 6.77. The average molecular weight is 348 g/mol. The van der Waals surface area contributed by atoms with Gasteiger partial charge < -0.3 is 21.1 Å². The molecule has 0 saturated carbocycles. The minimum Gasteiger partial charge on any atom is -0.396 e. The molecule has 5 N–H and O–H groups in total. The van der Waals surface area contributed by atoms with Crippen molar-refractivity contribution < 1.29 is 15.3 Å². The summed E-state index contributed by atoms with van der Waals surface area (Å²) >= 11 is 0. The molecule has 0 atom stereocenters. The van der Waals surface area contributed by atoms with Crippen LogP contribution < -0.4 is 5.73 Å². The first kappa shape index (κ1) is 26.1. The third-order valence-electron chi connectivity index (χ3n) is 4.34. The van der Waals surface area contributed by atoms with Crippen molar-refractivity contribution in [3.05, 3.63) is 0 Å². The summed E-state index contributed by atoms with van der Waals surface area (Å²) in [6, 6.07) is 0. The summed E-state index contributed by atoms with van der Waals surface area (Å²) in [5.41, 5.74) is 5.45. The lowest BCUT2D eigenvalue weighted by molar-refractivity contribution is 0.136. The van der Waals surface area contributed by atoms with E-state index in [0.29, 0.717) is 12.8 Å². The van der Waals surface area contributed by atoms with Crippen LogP contribution in [0.5, 0.6) is 0 Å². The lowest BCUT2D eigenvalue weighted by atomic mass is 10.1. The highest BCUT2D eigenvalue weighted by Crippen LogP contribution is 2.11. The minimum atomic E-state index is -0.0443. The summed E-state index contributed by atoms with van der Waals surface area (Å²) in [6.45, 7) is 3.31. The Morgan fingerprint density at radius 3 is 1.38 bits per heavy atom. The molecule has 24 heavy (non-hydrogen) atoms. The topological polar surface area (TPSA) is 86.7 Å². The molecule has 0 aromatic rings. The molecule has 0 heterocycles. The largest absolute Gasteiger partial charge is 0.396 e. The highest BCUT2D eigenvalue weighted by molar-refractivity contribution is 4.54. The van der Waals surface area contributed by atoms with Gasteiger partial charge in [-0.3, -0.25) is 0 Å². The van der Waals surface area contributed by atoms with Gasteiger partial charge in [0.15, 0.2) is 0 Å². The molecule has 0 fully saturated rings. The molecule has 4 heteroatoms. The van der Waals surface area contributed by atoms with Gasteiger partial charge in [0.2, 0.25) is 0 Å². The first-order valence-electron chi connectivity index (χ1n) is 10.3. The fraction of sp³-hybridized carbons (Fsp3) is 1.00. The standard InChI is InChI=1S/C14H31N.C6H14O3/c1-2-3-4-5-6-7-8-9-10-11-12-13-14-15;7-3-1-2-6(4-8)5-9/h2-15H2,1H3;6-9H,1-5H2. The number of aliphatic hydroxyl groups excluding tert-OH is 3. The van der Waals surface area contributed by atoms with Gasteiger partial charge in [0.1, 0.15) is 0 Å². The van der Waals surface area contributed by atoms with Crippen LogP contribution in [0.2, 0.25) is 0 Å². The Hall–Kier alpha value is -0.160. The van der Waals surface area contributed by atoms with Crippen molar-refractivity contribution in [1.29, 1.82) is 0 Å². The van der Waals surface area contributed by atoms with Crippen molar-refractivity contribution in [3.8, 4) is 0 Å². The summed E-state index contributed by atoms with van der Waals surface area (Å²) in [4.78, 5) is 0. The molecule has 148 valence electrons. The van der Waals surface area contributed by atoms with Crippen LogP contribution in [0, 0.1) is 5.92 Å². The summed E-state index contributed by atoms with van der Waals surface area (Å²) in [6.07, 6.45) is 18.3. The predicted molar refractivity (Wildman–Crippen MR) is 104 cm³/mol. The lowest BCUT2D eigenvalue weighted by Gasteiger charge is -2.07. The van der Waals surface area contributed by atoms with E-state index in [0.717, 1.165) is 6.54 Å². The van der Waals surface area contributed by atoms with Gasteiger partial charge in [0.05, 0.1) is 0 Å². The number of rotatable bonds is 17. The minimum absolute atomic E-state index is 0.0104. The van der Waals surface area contributed by atoms with Gasteiger partial charge in [-0.2, -0.15) is 0 Å². The molecule has 0 saturated heterocycles. The fourth-order valence-electron chi connectivity index (χ4n) is 2.61. The van der Waals surface area contributed by atoms with Gasteiger partial charge in [0.25, 0.3) is 0 Å². The number of hydrogen-bond acceptors (Lipinski definition) is 4. The van der Waals surface area contributed by atoms with Crippen LogP contribution >= 0.6 is 0 Å². The van der Waals surface area contributed by atoms with Crippen LogP contribution in [-0.4, -0.2) is 41.7 Å². The number of aliphatic hydroxyl groups is 3. The van der Waals surface area contributed by atoms with Crippen molar-refractivity contribution >= 4 is 0 Å². The monoisotopic (exact) mass is 347 g/mol. The van der Waals surface area contributed by atoms with Crippen LogP contribution in [0.1, 0.15) is 96.8 Å². The molecule has 0 rings (SSSR count). The van der Waals surface area contributed by atoms with E-state index in [4.69, 9.17) is 21.1 Å². The van der Waals surface area contributed by atoms with Gasteiger partial charge in [-0.15, -0.1) is 0 Å². The van der Waals surface area contributed by atoms with E-state index in [-0.39, 0.29) is 25.7 Å². The van der Waals surface area contributed by atoms with Gasteiger partial charge in [-0.25, -0.2) is 0 Å². The van der Waals surface area contributed by atoms with Crippen LogP contribution in [0.4, 0.5) is 0 Å². The maximum Gasteiger partial charge on any atom is 0.0481 e. The van der Waals surface area contributed by atoms with Gasteiger partial charge in [-0.05, 0) is 25.8 Å². The van der Waals surface area contributed by atoms with E-state index in [1.807, 2.05) is 0 Å². The Labute approximate surface area is 150 Å². The van der Waals surface area contributed by atoms with Gasteiger partial charge >= 0.3 is 0 Å². The quantitative estimate of drug-likeness (QED) is 0.299. The van der Waals surface area contributed by atoms with Gasteiger partial charge in [0, 0.05) is 25.7 Å². The Morgan fingerprint density at radius 2 is 1.04 bits per heavy atom. The van der Waals surface area contributed by atoms with Crippen molar-refractivity contribution in [2.45, 2.75) is 96.8 Å². The van der Waals surface area contributed by atoms with E-state index in [2.05, 4.69) is 6.92 Å². The molecule has 0 aliphatic rings. The number of hydrogen-bond donors (Lipinski definition) is 4. The van der Waals surface area contributed by atoms with Gasteiger partial charge in [-0.1, -0.05) is 77.6 Å². The van der Waals surface area contributed by atoms with E-state index in [1.165, 1.54) is 77.0 Å². The Balaban J connectivity index is 0.